The van der Waals surface area contributed by atoms with Crippen LogP contribution in [0.5, 0.6) is 0 Å². The summed E-state index contributed by atoms with van der Waals surface area (Å²) in [4.78, 5) is 15.8. The van der Waals surface area contributed by atoms with E-state index in [0.717, 1.165) is 32.7 Å². The molecule has 0 radical (unpaired) electrons. The number of aliphatic hydroxyl groups is 1. The zero-order chi connectivity index (χ0) is 12.9. The first kappa shape index (κ1) is 14.4. The highest BCUT2D eigenvalue weighted by Gasteiger charge is 2.19. The van der Waals surface area contributed by atoms with Crippen LogP contribution in [0.3, 0.4) is 0 Å². The number of amides is 1. The fourth-order valence-corrected chi connectivity index (χ4v) is 1.79. The fraction of sp³-hybridized carbons (Fsp3) is 0.917. The Morgan fingerprint density at radius 3 is 2.53 bits per heavy atom. The van der Waals surface area contributed by atoms with Gasteiger partial charge in [-0.05, 0) is 27.3 Å². The van der Waals surface area contributed by atoms with E-state index in [2.05, 4.69) is 5.32 Å². The number of carbonyl (C=O) groups excluding carboxylic acids is 1. The first-order chi connectivity index (χ1) is 7.88. The van der Waals surface area contributed by atoms with Crippen molar-refractivity contribution in [3.05, 3.63) is 0 Å². The zero-order valence-corrected chi connectivity index (χ0v) is 11.2. The topological polar surface area (TPSA) is 55.8 Å². The molecule has 1 heterocycles. The lowest BCUT2D eigenvalue weighted by molar-refractivity contribution is -0.132. The summed E-state index contributed by atoms with van der Waals surface area (Å²) >= 11 is 0. The van der Waals surface area contributed by atoms with Gasteiger partial charge in [0.05, 0.1) is 12.1 Å². The van der Waals surface area contributed by atoms with Gasteiger partial charge in [0.2, 0.25) is 5.91 Å². The molecular formula is C12H25N3O2. The molecule has 17 heavy (non-hydrogen) atoms. The van der Waals surface area contributed by atoms with E-state index < -0.39 is 5.60 Å². The minimum atomic E-state index is -0.660. The van der Waals surface area contributed by atoms with Gasteiger partial charge in [0.1, 0.15) is 0 Å². The number of carbonyl (C=O) groups is 1. The van der Waals surface area contributed by atoms with Crippen LogP contribution in [0.25, 0.3) is 0 Å². The maximum atomic E-state index is 11.9. The van der Waals surface area contributed by atoms with Crippen molar-refractivity contribution in [2.75, 3.05) is 46.3 Å². The van der Waals surface area contributed by atoms with Gasteiger partial charge in [0, 0.05) is 32.7 Å². The highest BCUT2D eigenvalue weighted by molar-refractivity contribution is 5.78. The Balaban J connectivity index is 2.25. The summed E-state index contributed by atoms with van der Waals surface area (Å²) in [5, 5.41) is 12.8. The largest absolute Gasteiger partial charge is 0.390 e. The molecule has 1 aliphatic heterocycles. The lowest BCUT2D eigenvalue weighted by Crippen LogP contribution is -2.49. The Morgan fingerprint density at radius 2 is 2.00 bits per heavy atom. The molecule has 2 N–H and O–H groups in total. The molecule has 0 spiro atoms. The van der Waals surface area contributed by atoms with Crippen LogP contribution in [-0.2, 0) is 4.79 Å². The smallest absolute Gasteiger partial charge is 0.236 e. The van der Waals surface area contributed by atoms with E-state index in [4.69, 9.17) is 0 Å². The molecule has 0 bridgehead atoms. The minimum absolute atomic E-state index is 0.185. The van der Waals surface area contributed by atoms with Crippen molar-refractivity contribution in [1.82, 2.24) is 15.1 Å². The normalized spacial score (nSPS) is 17.6. The summed E-state index contributed by atoms with van der Waals surface area (Å²) < 4.78 is 0. The third-order valence-corrected chi connectivity index (χ3v) is 2.98. The molecule has 1 amide bonds. The molecule has 5 nitrogen and oxygen atoms in total. The summed E-state index contributed by atoms with van der Waals surface area (Å²) in [5.74, 6) is 0.185. The van der Waals surface area contributed by atoms with Crippen LogP contribution in [-0.4, -0.2) is 72.7 Å². The first-order valence-electron chi connectivity index (χ1n) is 6.28. The molecule has 1 aliphatic rings. The molecule has 100 valence electrons. The van der Waals surface area contributed by atoms with Gasteiger partial charge in [-0.2, -0.15) is 0 Å². The summed E-state index contributed by atoms with van der Waals surface area (Å²) in [6, 6.07) is 0. The summed E-state index contributed by atoms with van der Waals surface area (Å²) in [5.41, 5.74) is -0.660. The van der Waals surface area contributed by atoms with Crippen LogP contribution in [0.4, 0.5) is 0 Å². The molecule has 0 saturated carbocycles. The van der Waals surface area contributed by atoms with Crippen molar-refractivity contribution in [2.45, 2.75) is 25.9 Å². The number of rotatable bonds is 5. The van der Waals surface area contributed by atoms with Crippen LogP contribution in [0, 0.1) is 0 Å². The predicted molar refractivity (Wildman–Crippen MR) is 67.9 cm³/mol. The Labute approximate surface area is 104 Å². The molecule has 1 fully saturated rings. The van der Waals surface area contributed by atoms with Gasteiger partial charge in [0.25, 0.3) is 0 Å². The number of likely N-dealkylation sites (N-methyl/N-ethyl adjacent to an activating group) is 1. The second-order valence-corrected chi connectivity index (χ2v) is 5.43. The van der Waals surface area contributed by atoms with E-state index in [-0.39, 0.29) is 5.91 Å². The van der Waals surface area contributed by atoms with Gasteiger partial charge in [-0.3, -0.25) is 9.69 Å². The van der Waals surface area contributed by atoms with E-state index in [1.807, 2.05) is 16.8 Å². The van der Waals surface area contributed by atoms with Gasteiger partial charge in [-0.15, -0.1) is 0 Å². The second-order valence-electron chi connectivity index (χ2n) is 5.43. The fourth-order valence-electron chi connectivity index (χ4n) is 1.79. The quantitative estimate of drug-likeness (QED) is 0.684. The SMILES string of the molecule is CN(CCC(C)(C)O)CC(=O)N1CCNCC1. The number of hydrogen-bond donors (Lipinski definition) is 2. The molecule has 0 unspecified atom stereocenters. The molecule has 0 atom stereocenters. The van der Waals surface area contributed by atoms with E-state index in [1.54, 1.807) is 13.8 Å². The molecule has 0 aromatic carbocycles. The van der Waals surface area contributed by atoms with Crippen molar-refractivity contribution < 1.29 is 9.90 Å². The maximum absolute atomic E-state index is 11.9. The number of nitrogens with one attached hydrogen (secondary N) is 1. The Hall–Kier alpha value is -0.650. The number of nitrogens with zero attached hydrogens (tertiary/aromatic N) is 2. The molecule has 0 aromatic heterocycles. The van der Waals surface area contributed by atoms with Crippen LogP contribution in [0.1, 0.15) is 20.3 Å². The zero-order valence-electron chi connectivity index (χ0n) is 11.2. The lowest BCUT2D eigenvalue weighted by Gasteiger charge is -2.29. The van der Waals surface area contributed by atoms with Gasteiger partial charge in [-0.1, -0.05) is 0 Å². The average molecular weight is 243 g/mol. The van der Waals surface area contributed by atoms with Crippen LogP contribution >= 0.6 is 0 Å². The molecular weight excluding hydrogens is 218 g/mol. The van der Waals surface area contributed by atoms with Gasteiger partial charge in [-0.25, -0.2) is 0 Å². The van der Waals surface area contributed by atoms with E-state index in [9.17, 15) is 9.90 Å². The Bertz CT molecular complexity index is 245. The molecule has 1 rings (SSSR count). The molecule has 0 aromatic rings. The highest BCUT2D eigenvalue weighted by atomic mass is 16.3. The van der Waals surface area contributed by atoms with Gasteiger partial charge < -0.3 is 15.3 Å². The van der Waals surface area contributed by atoms with Gasteiger partial charge >= 0.3 is 0 Å². The van der Waals surface area contributed by atoms with Crippen LogP contribution in [0.2, 0.25) is 0 Å². The van der Waals surface area contributed by atoms with Gasteiger partial charge in [0.15, 0.2) is 0 Å². The predicted octanol–water partition coefficient (Wildman–Crippen LogP) is -0.489. The Morgan fingerprint density at radius 1 is 1.41 bits per heavy atom. The van der Waals surface area contributed by atoms with Crippen molar-refractivity contribution in [2.24, 2.45) is 0 Å². The number of hydrogen-bond acceptors (Lipinski definition) is 4. The van der Waals surface area contributed by atoms with Crippen molar-refractivity contribution in [1.29, 1.82) is 0 Å². The third kappa shape index (κ3) is 6.00. The highest BCUT2D eigenvalue weighted by Crippen LogP contribution is 2.07. The van der Waals surface area contributed by atoms with Crippen LogP contribution < -0.4 is 5.32 Å². The second kappa shape index (κ2) is 6.33. The Kier molecular flexibility index (Phi) is 5.36. The number of piperazine rings is 1. The van der Waals surface area contributed by atoms with Crippen molar-refractivity contribution >= 4 is 5.91 Å². The van der Waals surface area contributed by atoms with E-state index in [0.29, 0.717) is 13.0 Å². The molecule has 5 heteroatoms. The minimum Gasteiger partial charge on any atom is -0.390 e. The monoisotopic (exact) mass is 243 g/mol. The van der Waals surface area contributed by atoms with E-state index >= 15 is 0 Å². The summed E-state index contributed by atoms with van der Waals surface area (Å²) in [7, 11) is 1.92. The van der Waals surface area contributed by atoms with Crippen molar-refractivity contribution in [3.63, 3.8) is 0 Å². The standard InChI is InChI=1S/C12H25N3O2/c1-12(2,17)4-7-14(3)10-11(16)15-8-5-13-6-9-15/h13,17H,4-10H2,1-3H3. The lowest BCUT2D eigenvalue weighted by atomic mass is 10.1. The molecule has 1 saturated heterocycles. The average Bonchev–Trinajstić information content (AvgIpc) is 2.27. The summed E-state index contributed by atoms with van der Waals surface area (Å²) in [6.07, 6.45) is 0.679. The van der Waals surface area contributed by atoms with Crippen molar-refractivity contribution in [3.8, 4) is 0 Å². The van der Waals surface area contributed by atoms with Crippen LogP contribution in [0.15, 0.2) is 0 Å². The molecule has 0 aliphatic carbocycles. The van der Waals surface area contributed by atoms with E-state index in [1.165, 1.54) is 0 Å². The third-order valence-electron chi connectivity index (χ3n) is 2.98. The first-order valence-corrected chi connectivity index (χ1v) is 6.28. The summed E-state index contributed by atoms with van der Waals surface area (Å²) in [6.45, 7) is 8.14. The maximum Gasteiger partial charge on any atom is 0.236 e.